The van der Waals surface area contributed by atoms with E-state index in [1.165, 1.54) is 19.3 Å². The fourth-order valence-corrected chi connectivity index (χ4v) is 2.17. The zero-order valence-electron chi connectivity index (χ0n) is 13.2. The van der Waals surface area contributed by atoms with Gasteiger partial charge >= 0.3 is 6.01 Å². The minimum atomic E-state index is 0.102. The highest BCUT2D eigenvalue weighted by Gasteiger charge is 2.17. The third-order valence-corrected chi connectivity index (χ3v) is 3.85. The Morgan fingerprint density at radius 2 is 2.10 bits per heavy atom. The Morgan fingerprint density at radius 1 is 1.35 bits per heavy atom. The van der Waals surface area contributed by atoms with Gasteiger partial charge in [-0.05, 0) is 40.0 Å². The van der Waals surface area contributed by atoms with Crippen molar-refractivity contribution in [3.05, 3.63) is 17.5 Å². The largest absolute Gasteiger partial charge is 0.463 e. The molecule has 20 heavy (non-hydrogen) atoms. The first-order valence-electron chi connectivity index (χ1n) is 7.64. The molecule has 2 rings (SSSR count). The fourth-order valence-electron chi connectivity index (χ4n) is 2.17. The molecule has 4 nitrogen and oxygen atoms in total. The number of rotatable bonds is 6. The Labute approximate surface area is 122 Å². The van der Waals surface area contributed by atoms with Crippen molar-refractivity contribution in [2.75, 3.05) is 6.61 Å². The summed E-state index contributed by atoms with van der Waals surface area (Å²) in [7, 11) is 0. The molecule has 1 aliphatic rings. The molecule has 0 atom stereocenters. The second-order valence-electron chi connectivity index (χ2n) is 6.80. The summed E-state index contributed by atoms with van der Waals surface area (Å²) < 4.78 is 5.65. The Bertz CT molecular complexity index is 436. The number of ether oxygens (including phenoxy) is 1. The van der Waals surface area contributed by atoms with Gasteiger partial charge in [-0.3, -0.25) is 0 Å². The minimum Gasteiger partial charge on any atom is -0.463 e. The third-order valence-electron chi connectivity index (χ3n) is 3.85. The maximum atomic E-state index is 5.65. The van der Waals surface area contributed by atoms with Crippen molar-refractivity contribution < 1.29 is 4.74 Å². The highest BCUT2D eigenvalue weighted by atomic mass is 16.5. The van der Waals surface area contributed by atoms with Gasteiger partial charge in [0.1, 0.15) is 0 Å². The van der Waals surface area contributed by atoms with Crippen LogP contribution in [0.5, 0.6) is 6.01 Å². The van der Waals surface area contributed by atoms with E-state index in [0.717, 1.165) is 36.7 Å². The van der Waals surface area contributed by atoms with Crippen molar-refractivity contribution in [1.82, 2.24) is 15.3 Å². The molecule has 1 heterocycles. The van der Waals surface area contributed by atoms with E-state index >= 15 is 0 Å². The number of nitrogens with zero attached hydrogens (tertiary/aromatic N) is 2. The quantitative estimate of drug-likeness (QED) is 0.867. The molecule has 0 aliphatic heterocycles. The molecule has 1 aliphatic carbocycles. The number of aromatic nitrogens is 2. The monoisotopic (exact) mass is 277 g/mol. The van der Waals surface area contributed by atoms with Gasteiger partial charge in [0, 0.05) is 29.5 Å². The van der Waals surface area contributed by atoms with Crippen molar-refractivity contribution in [1.29, 1.82) is 0 Å². The zero-order valence-corrected chi connectivity index (χ0v) is 13.2. The van der Waals surface area contributed by atoms with Crippen LogP contribution in [0.25, 0.3) is 0 Å². The molecular weight excluding hydrogens is 250 g/mol. The molecule has 0 radical (unpaired) electrons. The summed E-state index contributed by atoms with van der Waals surface area (Å²) in [4.78, 5) is 8.75. The highest BCUT2D eigenvalue weighted by molar-refractivity contribution is 5.17. The van der Waals surface area contributed by atoms with Gasteiger partial charge in [0.15, 0.2) is 0 Å². The normalized spacial score (nSPS) is 16.0. The topological polar surface area (TPSA) is 47.0 Å². The predicted molar refractivity (Wildman–Crippen MR) is 80.8 cm³/mol. The lowest BCUT2D eigenvalue weighted by molar-refractivity contribution is 0.211. The molecule has 112 valence electrons. The Kier molecular flexibility index (Phi) is 4.97. The van der Waals surface area contributed by atoms with Gasteiger partial charge in [-0.25, -0.2) is 9.97 Å². The predicted octanol–water partition coefficient (Wildman–Crippen LogP) is 3.24. The van der Waals surface area contributed by atoms with E-state index in [0.29, 0.717) is 6.01 Å². The van der Waals surface area contributed by atoms with Crippen LogP contribution in [0.3, 0.4) is 0 Å². The maximum absolute atomic E-state index is 5.65. The van der Waals surface area contributed by atoms with Gasteiger partial charge in [0.25, 0.3) is 0 Å². The van der Waals surface area contributed by atoms with Crippen LogP contribution in [-0.4, -0.2) is 22.1 Å². The summed E-state index contributed by atoms with van der Waals surface area (Å²) in [6.07, 6.45) is 7.12. The first-order valence-corrected chi connectivity index (χ1v) is 7.64. The van der Waals surface area contributed by atoms with E-state index in [1.54, 1.807) is 0 Å². The molecule has 0 aromatic carbocycles. The van der Waals surface area contributed by atoms with Gasteiger partial charge in [0.05, 0.1) is 6.61 Å². The highest BCUT2D eigenvalue weighted by Crippen LogP contribution is 2.29. The second kappa shape index (κ2) is 6.53. The zero-order chi connectivity index (χ0) is 14.6. The summed E-state index contributed by atoms with van der Waals surface area (Å²) >= 11 is 0. The van der Waals surface area contributed by atoms with Crippen molar-refractivity contribution in [2.24, 2.45) is 5.92 Å². The Morgan fingerprint density at radius 3 is 2.65 bits per heavy atom. The number of aryl methyl sites for hydroxylation is 1. The first-order chi connectivity index (χ1) is 9.44. The molecule has 0 amide bonds. The number of nitrogens with one attached hydrogen (secondary N) is 1. The fraction of sp³-hybridized carbons (Fsp3) is 0.750. The molecule has 1 saturated carbocycles. The van der Waals surface area contributed by atoms with Crippen LogP contribution in [-0.2, 0) is 6.54 Å². The van der Waals surface area contributed by atoms with Crippen LogP contribution in [0.1, 0.15) is 57.7 Å². The molecule has 1 aromatic rings. The van der Waals surface area contributed by atoms with Gasteiger partial charge in [-0.15, -0.1) is 0 Å². The van der Waals surface area contributed by atoms with E-state index in [9.17, 15) is 0 Å². The molecule has 0 unspecified atom stereocenters. The van der Waals surface area contributed by atoms with E-state index in [-0.39, 0.29) is 5.54 Å². The van der Waals surface area contributed by atoms with Crippen molar-refractivity contribution >= 4 is 0 Å². The Balaban J connectivity index is 1.81. The summed E-state index contributed by atoms with van der Waals surface area (Å²) in [6.45, 7) is 10.0. The van der Waals surface area contributed by atoms with E-state index < -0.39 is 0 Å². The lowest BCUT2D eigenvalue weighted by atomic mass is 9.83. The van der Waals surface area contributed by atoms with Crippen LogP contribution in [0.4, 0.5) is 0 Å². The number of hydrogen-bond donors (Lipinski definition) is 1. The molecule has 1 fully saturated rings. The molecular formula is C16H27N3O. The van der Waals surface area contributed by atoms with E-state index in [1.807, 2.05) is 13.1 Å². The van der Waals surface area contributed by atoms with Crippen molar-refractivity contribution in [2.45, 2.75) is 65.5 Å². The molecule has 1 aromatic heterocycles. The van der Waals surface area contributed by atoms with Crippen LogP contribution < -0.4 is 10.1 Å². The first kappa shape index (κ1) is 15.2. The molecule has 0 saturated heterocycles. The van der Waals surface area contributed by atoms with Gasteiger partial charge in [-0.2, -0.15) is 0 Å². The summed E-state index contributed by atoms with van der Waals surface area (Å²) in [6, 6.07) is 0.515. The standard InChI is InChI=1S/C16H27N3O/c1-12-14(11-18-16(2,3)4)10-17-15(19-12)20-9-8-13-6-5-7-13/h10,13,18H,5-9,11H2,1-4H3. The number of hydrogen-bond acceptors (Lipinski definition) is 4. The molecule has 4 heteroatoms. The van der Waals surface area contributed by atoms with Gasteiger partial charge < -0.3 is 10.1 Å². The van der Waals surface area contributed by atoms with Crippen molar-refractivity contribution in [3.8, 4) is 6.01 Å². The van der Waals surface area contributed by atoms with E-state index in [4.69, 9.17) is 4.74 Å². The summed E-state index contributed by atoms with van der Waals surface area (Å²) in [5.74, 6) is 0.867. The molecule has 0 bridgehead atoms. The minimum absolute atomic E-state index is 0.102. The van der Waals surface area contributed by atoms with Crippen molar-refractivity contribution in [3.63, 3.8) is 0 Å². The Hall–Kier alpha value is -1.16. The summed E-state index contributed by atoms with van der Waals surface area (Å²) in [5.41, 5.74) is 2.23. The SMILES string of the molecule is Cc1nc(OCCC2CCC2)ncc1CNC(C)(C)C. The second-order valence-corrected chi connectivity index (χ2v) is 6.80. The van der Waals surface area contributed by atoms with Gasteiger partial charge in [-0.1, -0.05) is 19.3 Å². The molecule has 1 N–H and O–H groups in total. The lowest BCUT2D eigenvalue weighted by Gasteiger charge is -2.24. The van der Waals surface area contributed by atoms with Crippen LogP contribution in [0.2, 0.25) is 0 Å². The van der Waals surface area contributed by atoms with Gasteiger partial charge in [0.2, 0.25) is 0 Å². The maximum Gasteiger partial charge on any atom is 0.316 e. The van der Waals surface area contributed by atoms with E-state index in [2.05, 4.69) is 36.1 Å². The molecule has 0 spiro atoms. The van der Waals surface area contributed by atoms with Crippen LogP contribution >= 0.6 is 0 Å². The summed E-state index contributed by atoms with van der Waals surface area (Å²) in [5, 5.41) is 3.45. The lowest BCUT2D eigenvalue weighted by Crippen LogP contribution is -2.35. The average Bonchev–Trinajstić information content (AvgIpc) is 2.30. The average molecular weight is 277 g/mol. The third kappa shape index (κ3) is 4.75. The van der Waals surface area contributed by atoms with Crippen LogP contribution in [0, 0.1) is 12.8 Å². The van der Waals surface area contributed by atoms with Crippen LogP contribution in [0.15, 0.2) is 6.20 Å². The smallest absolute Gasteiger partial charge is 0.316 e.